The van der Waals surface area contributed by atoms with E-state index in [1.165, 1.54) is 212 Å². The van der Waals surface area contributed by atoms with Crippen molar-refractivity contribution < 1.29 is 19.2 Å². The van der Waals surface area contributed by atoms with Crippen molar-refractivity contribution in [3.8, 4) is 0 Å². The number of hydrogen-bond donors (Lipinski definition) is 4. The molecule has 0 radical (unpaired) electrons. The first kappa shape index (κ1) is 65.9. The van der Waals surface area contributed by atoms with Crippen molar-refractivity contribution in [1.82, 2.24) is 21.3 Å². The largest absolute Gasteiger partial charge is 0.356 e. The molecule has 4 N–H and O–H groups in total. The van der Waals surface area contributed by atoms with Gasteiger partial charge in [0.15, 0.2) is 0 Å². The second-order valence-corrected chi connectivity index (χ2v) is 21.2. The van der Waals surface area contributed by atoms with Gasteiger partial charge < -0.3 is 21.3 Å². The van der Waals surface area contributed by atoms with E-state index in [1.54, 1.807) is 0 Å². The molecule has 0 saturated heterocycles. The predicted molar refractivity (Wildman–Crippen MR) is 294 cm³/mol. The smallest absolute Gasteiger partial charge is 0.242 e. The molecule has 0 fully saturated rings. The van der Waals surface area contributed by atoms with Crippen LogP contribution in [0.15, 0.2) is 0 Å². The summed E-state index contributed by atoms with van der Waals surface area (Å²) >= 11 is 0. The third kappa shape index (κ3) is 50.3. The van der Waals surface area contributed by atoms with E-state index in [0.717, 1.165) is 70.6 Å². The van der Waals surface area contributed by atoms with E-state index >= 15 is 0 Å². The lowest BCUT2D eigenvalue weighted by molar-refractivity contribution is -0.129. The van der Waals surface area contributed by atoms with Gasteiger partial charge in [-0.1, -0.05) is 252 Å². The molecule has 8 heteroatoms. The Bertz CT molecular complexity index is 1100. The molecule has 402 valence electrons. The highest BCUT2D eigenvalue weighted by Gasteiger charge is 2.22. The Hall–Kier alpha value is -2.12. The van der Waals surface area contributed by atoms with E-state index in [-0.39, 0.29) is 29.7 Å². The maximum absolute atomic E-state index is 13.5. The van der Waals surface area contributed by atoms with Crippen molar-refractivity contribution in [2.24, 2.45) is 0 Å². The second kappa shape index (κ2) is 54.2. The van der Waals surface area contributed by atoms with E-state index in [4.69, 9.17) is 0 Å². The summed E-state index contributed by atoms with van der Waals surface area (Å²) in [6.45, 7) is 10.1. The first-order valence-corrected chi connectivity index (χ1v) is 30.5. The molecule has 0 spiro atoms. The van der Waals surface area contributed by atoms with Gasteiger partial charge in [-0.2, -0.15) is 0 Å². The normalized spacial score (nSPS) is 12.2. The van der Waals surface area contributed by atoms with Crippen LogP contribution in [-0.2, 0) is 19.2 Å². The zero-order valence-corrected chi connectivity index (χ0v) is 46.1. The SMILES string of the molecule is CCCCCCCCCCCCCCCC(=O)NCCCC[C@@H](C)NC(=O)[C@H](CCCCNC(=O)CCCCCCCCCCCCCCC)NC(=O)CCCCCCCCCCCCCCC. The second-order valence-electron chi connectivity index (χ2n) is 21.2. The van der Waals surface area contributed by atoms with Crippen LogP contribution >= 0.6 is 0 Å². The molecule has 0 aromatic heterocycles. The minimum Gasteiger partial charge on any atom is -0.356 e. The molecule has 0 rings (SSSR count). The highest BCUT2D eigenvalue weighted by atomic mass is 16.2. The molecular formula is C60H118N4O4. The summed E-state index contributed by atoms with van der Waals surface area (Å²) < 4.78 is 0. The molecule has 0 heterocycles. The fourth-order valence-corrected chi connectivity index (χ4v) is 9.54. The molecule has 0 bridgehead atoms. The number of amides is 4. The standard InChI is InChI=1S/C60H118N4O4/c1-5-8-11-14-17-20-23-26-29-32-35-38-41-50-57(65)61-53-46-44-48-55(4)63-60(68)56(64-59(67)52-43-40-37-34-31-28-25-22-19-16-13-10-7-3)49-45-47-54-62-58(66)51-42-39-36-33-30-27-24-21-18-15-12-9-6-2/h55-56H,5-54H2,1-4H3,(H,61,65)(H,62,66)(H,63,68)(H,64,67)/t55-,56+/m1/s1. The number of carbonyl (C=O) groups is 4. The van der Waals surface area contributed by atoms with Crippen LogP contribution in [0.1, 0.15) is 336 Å². The van der Waals surface area contributed by atoms with E-state index < -0.39 is 6.04 Å². The maximum atomic E-state index is 13.5. The third-order valence-electron chi connectivity index (χ3n) is 14.2. The average Bonchev–Trinajstić information content (AvgIpc) is 3.32. The summed E-state index contributed by atoms with van der Waals surface area (Å²) in [6.07, 6.45) is 56.7. The highest BCUT2D eigenvalue weighted by molar-refractivity contribution is 5.87. The average molecular weight is 960 g/mol. The van der Waals surface area contributed by atoms with Gasteiger partial charge >= 0.3 is 0 Å². The summed E-state index contributed by atoms with van der Waals surface area (Å²) in [4.78, 5) is 51.6. The lowest BCUT2D eigenvalue weighted by Crippen LogP contribution is -2.49. The summed E-state index contributed by atoms with van der Waals surface area (Å²) in [6, 6.07) is -0.591. The molecule has 0 aliphatic rings. The number of carbonyl (C=O) groups excluding carboxylic acids is 4. The van der Waals surface area contributed by atoms with Crippen LogP contribution in [0.25, 0.3) is 0 Å². The monoisotopic (exact) mass is 959 g/mol. The molecular weight excluding hydrogens is 841 g/mol. The van der Waals surface area contributed by atoms with Crippen molar-refractivity contribution in [3.63, 3.8) is 0 Å². The van der Waals surface area contributed by atoms with Crippen LogP contribution in [0.3, 0.4) is 0 Å². The molecule has 2 atom stereocenters. The molecule has 8 nitrogen and oxygen atoms in total. The van der Waals surface area contributed by atoms with E-state index in [0.29, 0.717) is 38.8 Å². The van der Waals surface area contributed by atoms with Crippen LogP contribution in [-0.4, -0.2) is 48.8 Å². The van der Waals surface area contributed by atoms with Gasteiger partial charge in [-0.3, -0.25) is 19.2 Å². The molecule has 0 aromatic rings. The third-order valence-corrected chi connectivity index (χ3v) is 14.2. The summed E-state index contributed by atoms with van der Waals surface area (Å²) in [5.74, 6) is 0.119. The Labute approximate surface area is 423 Å². The van der Waals surface area contributed by atoms with Crippen molar-refractivity contribution >= 4 is 23.6 Å². The predicted octanol–water partition coefficient (Wildman–Crippen LogP) is 17.0. The number of nitrogens with one attached hydrogen (secondary N) is 4. The van der Waals surface area contributed by atoms with Gasteiger partial charge in [-0.05, 0) is 64.7 Å². The van der Waals surface area contributed by atoms with Gasteiger partial charge in [-0.15, -0.1) is 0 Å². The molecule has 68 heavy (non-hydrogen) atoms. The number of unbranched alkanes of at least 4 members (excludes halogenated alkanes) is 38. The lowest BCUT2D eigenvalue weighted by atomic mass is 10.0. The Balaban J connectivity index is 4.43. The van der Waals surface area contributed by atoms with Crippen molar-refractivity contribution in [2.45, 2.75) is 348 Å². The zero-order valence-electron chi connectivity index (χ0n) is 46.1. The quantitative estimate of drug-likeness (QED) is 0.0454. The molecule has 0 aromatic carbocycles. The minimum absolute atomic E-state index is 0.0196. The van der Waals surface area contributed by atoms with Gasteiger partial charge in [-0.25, -0.2) is 0 Å². The van der Waals surface area contributed by atoms with Gasteiger partial charge in [0.1, 0.15) is 6.04 Å². The Kier molecular flexibility index (Phi) is 52.5. The van der Waals surface area contributed by atoms with Crippen molar-refractivity contribution in [1.29, 1.82) is 0 Å². The zero-order chi connectivity index (χ0) is 49.6. The fourth-order valence-electron chi connectivity index (χ4n) is 9.54. The molecule has 0 saturated carbocycles. The van der Waals surface area contributed by atoms with E-state index in [2.05, 4.69) is 42.0 Å². The molecule has 0 aliphatic carbocycles. The summed E-state index contributed by atoms with van der Waals surface area (Å²) in [5, 5.41) is 12.4. The topological polar surface area (TPSA) is 116 Å². The van der Waals surface area contributed by atoms with Crippen LogP contribution in [0, 0.1) is 0 Å². The number of hydrogen-bond acceptors (Lipinski definition) is 4. The fraction of sp³-hybridized carbons (Fsp3) is 0.933. The minimum atomic E-state index is -0.571. The van der Waals surface area contributed by atoms with Gasteiger partial charge in [0.25, 0.3) is 0 Å². The Morgan fingerprint density at radius 2 is 0.559 bits per heavy atom. The van der Waals surface area contributed by atoms with Crippen LogP contribution in [0.4, 0.5) is 0 Å². The Morgan fingerprint density at radius 3 is 0.868 bits per heavy atom. The van der Waals surface area contributed by atoms with Crippen LogP contribution in [0.5, 0.6) is 0 Å². The summed E-state index contributed by atoms with van der Waals surface area (Å²) in [5.41, 5.74) is 0. The van der Waals surface area contributed by atoms with E-state index in [9.17, 15) is 19.2 Å². The van der Waals surface area contributed by atoms with Crippen molar-refractivity contribution in [2.75, 3.05) is 13.1 Å². The highest BCUT2D eigenvalue weighted by Crippen LogP contribution is 2.16. The molecule has 4 amide bonds. The summed E-state index contributed by atoms with van der Waals surface area (Å²) in [7, 11) is 0. The van der Waals surface area contributed by atoms with Gasteiger partial charge in [0.05, 0.1) is 0 Å². The van der Waals surface area contributed by atoms with Gasteiger partial charge in [0, 0.05) is 38.4 Å². The Morgan fingerprint density at radius 1 is 0.294 bits per heavy atom. The van der Waals surface area contributed by atoms with Crippen LogP contribution in [0.2, 0.25) is 0 Å². The lowest BCUT2D eigenvalue weighted by Gasteiger charge is -2.22. The first-order valence-electron chi connectivity index (χ1n) is 30.5. The van der Waals surface area contributed by atoms with Crippen molar-refractivity contribution in [3.05, 3.63) is 0 Å². The number of rotatable bonds is 55. The van der Waals surface area contributed by atoms with Gasteiger partial charge in [0.2, 0.25) is 23.6 Å². The maximum Gasteiger partial charge on any atom is 0.242 e. The molecule has 0 aliphatic heterocycles. The van der Waals surface area contributed by atoms with E-state index in [1.807, 2.05) is 6.92 Å². The first-order chi connectivity index (χ1) is 33.3. The van der Waals surface area contributed by atoms with Crippen LogP contribution < -0.4 is 21.3 Å². The molecule has 0 unspecified atom stereocenters.